The molecule has 1 N–H and O–H groups in total. The van der Waals surface area contributed by atoms with Crippen molar-refractivity contribution in [2.45, 2.75) is 32.4 Å². The molecule has 1 atom stereocenters. The summed E-state index contributed by atoms with van der Waals surface area (Å²) in [6.07, 6.45) is 2.17. The van der Waals surface area contributed by atoms with Crippen LogP contribution in [-0.2, 0) is 17.8 Å². The highest BCUT2D eigenvalue weighted by atomic mass is 35.5. The number of likely N-dealkylation sites (tertiary alicyclic amines) is 1. The van der Waals surface area contributed by atoms with Crippen molar-refractivity contribution in [1.82, 2.24) is 4.90 Å². The molecule has 0 radical (unpaired) electrons. The molecule has 0 aromatic heterocycles. The number of aryl methyl sites for hydroxylation is 1. The van der Waals surface area contributed by atoms with E-state index >= 15 is 0 Å². The van der Waals surface area contributed by atoms with Gasteiger partial charge in [-0.1, -0.05) is 29.8 Å². The van der Waals surface area contributed by atoms with Crippen molar-refractivity contribution in [2.75, 3.05) is 25.0 Å². The second-order valence-electron chi connectivity index (χ2n) is 7.81. The SMILES string of the molecule is Cc1cc(N(C)C2CCc3c(CN4CC(C(=O)O)C4)cccc32)ccc1Cl. The molecule has 2 aliphatic rings. The molecule has 0 amide bonds. The lowest BCUT2D eigenvalue weighted by Crippen LogP contribution is -2.49. The number of rotatable bonds is 5. The summed E-state index contributed by atoms with van der Waals surface area (Å²) in [4.78, 5) is 15.6. The minimum Gasteiger partial charge on any atom is -0.481 e. The van der Waals surface area contributed by atoms with Crippen molar-refractivity contribution < 1.29 is 9.90 Å². The van der Waals surface area contributed by atoms with Crippen LogP contribution in [0.5, 0.6) is 0 Å². The molecule has 4 nitrogen and oxygen atoms in total. The van der Waals surface area contributed by atoms with E-state index in [4.69, 9.17) is 16.7 Å². The normalized spacial score (nSPS) is 19.6. The minimum atomic E-state index is -0.676. The molecule has 0 saturated carbocycles. The average Bonchev–Trinajstić information content (AvgIpc) is 3.04. The van der Waals surface area contributed by atoms with Crippen LogP contribution in [0.2, 0.25) is 5.02 Å². The number of aliphatic carboxylic acids is 1. The molecule has 1 heterocycles. The number of carbonyl (C=O) groups is 1. The third-order valence-electron chi connectivity index (χ3n) is 6.05. The summed E-state index contributed by atoms with van der Waals surface area (Å²) in [6.45, 7) is 4.21. The van der Waals surface area contributed by atoms with Gasteiger partial charge in [-0.2, -0.15) is 0 Å². The van der Waals surface area contributed by atoms with E-state index in [1.54, 1.807) is 0 Å². The molecular weight excluding hydrogens is 360 g/mol. The van der Waals surface area contributed by atoms with E-state index in [1.807, 2.05) is 13.0 Å². The molecule has 1 unspecified atom stereocenters. The van der Waals surface area contributed by atoms with Crippen LogP contribution >= 0.6 is 11.6 Å². The van der Waals surface area contributed by atoms with E-state index in [2.05, 4.69) is 47.2 Å². The van der Waals surface area contributed by atoms with Gasteiger partial charge in [0, 0.05) is 37.4 Å². The maximum absolute atomic E-state index is 11.0. The third kappa shape index (κ3) is 3.44. The standard InChI is InChI=1S/C22H25ClN2O2/c1-14-10-17(6-8-20(14)23)24(2)21-9-7-18-15(4-3-5-19(18)21)11-25-12-16(13-25)22(26)27/h3-6,8,10,16,21H,7,9,11-13H2,1-2H3,(H,26,27). The number of nitrogens with zero attached hydrogens (tertiary/aromatic N) is 2. The fourth-order valence-electron chi connectivity index (χ4n) is 4.38. The van der Waals surface area contributed by atoms with Gasteiger partial charge in [-0.05, 0) is 60.2 Å². The molecule has 2 aromatic carbocycles. The fourth-order valence-corrected chi connectivity index (χ4v) is 4.50. The highest BCUT2D eigenvalue weighted by Gasteiger charge is 2.34. The quantitative estimate of drug-likeness (QED) is 0.835. The van der Waals surface area contributed by atoms with Gasteiger partial charge in [0.1, 0.15) is 0 Å². The van der Waals surface area contributed by atoms with Crippen LogP contribution in [0.1, 0.15) is 34.7 Å². The van der Waals surface area contributed by atoms with Crippen LogP contribution < -0.4 is 4.90 Å². The molecule has 1 aliphatic heterocycles. The first-order valence-electron chi connectivity index (χ1n) is 9.49. The van der Waals surface area contributed by atoms with E-state index in [9.17, 15) is 4.79 Å². The lowest BCUT2D eigenvalue weighted by atomic mass is 9.96. The Morgan fingerprint density at radius 2 is 2.07 bits per heavy atom. The van der Waals surface area contributed by atoms with Gasteiger partial charge in [0.15, 0.2) is 0 Å². The maximum atomic E-state index is 11.0. The smallest absolute Gasteiger partial charge is 0.309 e. The van der Waals surface area contributed by atoms with Crippen LogP contribution in [0.3, 0.4) is 0 Å². The maximum Gasteiger partial charge on any atom is 0.309 e. The molecule has 5 heteroatoms. The monoisotopic (exact) mass is 384 g/mol. The molecule has 27 heavy (non-hydrogen) atoms. The fraction of sp³-hybridized carbons (Fsp3) is 0.409. The Kier molecular flexibility index (Phi) is 4.87. The Bertz CT molecular complexity index is 877. The van der Waals surface area contributed by atoms with Crippen LogP contribution in [0.4, 0.5) is 5.69 Å². The van der Waals surface area contributed by atoms with E-state index < -0.39 is 5.97 Å². The largest absolute Gasteiger partial charge is 0.481 e. The molecule has 1 aliphatic carbocycles. The summed E-state index contributed by atoms with van der Waals surface area (Å²) in [7, 11) is 2.15. The van der Waals surface area contributed by atoms with Gasteiger partial charge in [0.25, 0.3) is 0 Å². The van der Waals surface area contributed by atoms with Crippen LogP contribution in [-0.4, -0.2) is 36.1 Å². The zero-order valence-corrected chi connectivity index (χ0v) is 16.5. The third-order valence-corrected chi connectivity index (χ3v) is 6.48. The Labute approximate surface area is 165 Å². The molecule has 1 fully saturated rings. The summed E-state index contributed by atoms with van der Waals surface area (Å²) in [6, 6.07) is 13.1. The minimum absolute atomic E-state index is 0.200. The van der Waals surface area contributed by atoms with Crippen molar-refractivity contribution in [3.63, 3.8) is 0 Å². The van der Waals surface area contributed by atoms with Gasteiger partial charge >= 0.3 is 5.97 Å². The summed E-state index contributed by atoms with van der Waals surface area (Å²) >= 11 is 6.18. The number of hydrogen-bond donors (Lipinski definition) is 1. The first-order chi connectivity index (χ1) is 12.9. The topological polar surface area (TPSA) is 43.8 Å². The number of benzene rings is 2. The zero-order valence-electron chi connectivity index (χ0n) is 15.8. The van der Waals surface area contributed by atoms with Gasteiger partial charge < -0.3 is 10.0 Å². The number of carboxylic acids is 1. The Morgan fingerprint density at radius 3 is 2.78 bits per heavy atom. The van der Waals surface area contributed by atoms with Crippen molar-refractivity contribution in [2.24, 2.45) is 5.92 Å². The molecule has 1 saturated heterocycles. The highest BCUT2D eigenvalue weighted by molar-refractivity contribution is 6.31. The Morgan fingerprint density at radius 1 is 1.30 bits per heavy atom. The number of anilines is 1. The van der Waals surface area contributed by atoms with Gasteiger partial charge in [0.05, 0.1) is 12.0 Å². The van der Waals surface area contributed by atoms with E-state index in [0.29, 0.717) is 19.1 Å². The molecule has 142 valence electrons. The van der Waals surface area contributed by atoms with E-state index in [-0.39, 0.29) is 5.92 Å². The molecule has 0 bridgehead atoms. The predicted molar refractivity (Wildman–Crippen MR) is 108 cm³/mol. The van der Waals surface area contributed by atoms with Gasteiger partial charge in [-0.15, -0.1) is 0 Å². The Hall–Kier alpha value is -2.04. The van der Waals surface area contributed by atoms with Crippen molar-refractivity contribution in [3.05, 3.63) is 63.7 Å². The molecular formula is C22H25ClN2O2. The number of halogens is 1. The first-order valence-corrected chi connectivity index (χ1v) is 9.86. The second kappa shape index (κ2) is 7.17. The second-order valence-corrected chi connectivity index (χ2v) is 8.22. The molecule has 2 aromatic rings. The zero-order chi connectivity index (χ0) is 19.1. The summed E-state index contributed by atoms with van der Waals surface area (Å²) in [5.74, 6) is -0.877. The number of carboxylic acid groups (broad SMARTS) is 1. The van der Waals surface area contributed by atoms with E-state index in [0.717, 1.165) is 30.0 Å². The van der Waals surface area contributed by atoms with Crippen LogP contribution in [0.25, 0.3) is 0 Å². The van der Waals surface area contributed by atoms with E-state index in [1.165, 1.54) is 22.4 Å². The summed E-state index contributed by atoms with van der Waals surface area (Å²) in [5, 5.41) is 9.87. The lowest BCUT2D eigenvalue weighted by molar-refractivity contribution is -0.147. The lowest BCUT2D eigenvalue weighted by Gasteiger charge is -2.37. The highest BCUT2D eigenvalue weighted by Crippen LogP contribution is 2.40. The number of hydrogen-bond acceptors (Lipinski definition) is 3. The predicted octanol–water partition coefficient (Wildman–Crippen LogP) is 4.29. The first kappa shape index (κ1) is 18.3. The van der Waals surface area contributed by atoms with Crippen molar-refractivity contribution in [3.8, 4) is 0 Å². The summed E-state index contributed by atoms with van der Waals surface area (Å²) < 4.78 is 0. The molecule has 4 rings (SSSR count). The van der Waals surface area contributed by atoms with Crippen LogP contribution in [0, 0.1) is 12.8 Å². The van der Waals surface area contributed by atoms with Crippen molar-refractivity contribution >= 4 is 23.3 Å². The Balaban J connectivity index is 1.52. The molecule has 0 spiro atoms. The average molecular weight is 385 g/mol. The van der Waals surface area contributed by atoms with Gasteiger partial charge in [-0.25, -0.2) is 0 Å². The van der Waals surface area contributed by atoms with Gasteiger partial charge in [-0.3, -0.25) is 9.69 Å². The number of fused-ring (bicyclic) bond motifs is 1. The van der Waals surface area contributed by atoms with Crippen LogP contribution in [0.15, 0.2) is 36.4 Å². The van der Waals surface area contributed by atoms with Crippen molar-refractivity contribution in [1.29, 1.82) is 0 Å². The van der Waals surface area contributed by atoms with Gasteiger partial charge in [0.2, 0.25) is 0 Å². The summed E-state index contributed by atoms with van der Waals surface area (Å²) in [5.41, 5.74) is 6.47.